The first-order chi connectivity index (χ1) is 15.5. The van der Waals surface area contributed by atoms with Crippen LogP contribution in [0.4, 0.5) is 11.4 Å². The normalized spacial score (nSPS) is 21.6. The van der Waals surface area contributed by atoms with Gasteiger partial charge in [0.2, 0.25) is 0 Å². The molecule has 168 valence electrons. The fourth-order valence-corrected chi connectivity index (χ4v) is 5.07. The third kappa shape index (κ3) is 3.50. The van der Waals surface area contributed by atoms with E-state index in [1.807, 2.05) is 36.5 Å². The second-order valence-electron chi connectivity index (χ2n) is 8.97. The van der Waals surface area contributed by atoms with E-state index >= 15 is 0 Å². The Labute approximate surface area is 188 Å². The Morgan fingerprint density at radius 1 is 1.22 bits per heavy atom. The molecule has 0 radical (unpaired) electrons. The molecular weight excluding hydrogens is 402 g/mol. The lowest BCUT2D eigenvalue weighted by Crippen LogP contribution is -2.41. The lowest BCUT2D eigenvalue weighted by Gasteiger charge is -2.35. The highest BCUT2D eigenvalue weighted by atomic mass is 16.5. The maximum Gasteiger partial charge on any atom is 0.267 e. The van der Waals surface area contributed by atoms with E-state index < -0.39 is 6.10 Å². The molecule has 0 aliphatic carbocycles. The molecule has 3 aromatic rings. The van der Waals surface area contributed by atoms with Crippen molar-refractivity contribution in [3.8, 4) is 17.0 Å². The number of hydrogen-bond donors (Lipinski definition) is 1. The third-order valence-electron chi connectivity index (χ3n) is 6.89. The number of nitrogens with two attached hydrogens (primary N) is 1. The number of likely N-dealkylation sites (tertiary alicyclic amines) is 1. The van der Waals surface area contributed by atoms with E-state index in [0.29, 0.717) is 11.7 Å². The average Bonchev–Trinajstić information content (AvgIpc) is 3.15. The van der Waals surface area contributed by atoms with Crippen molar-refractivity contribution >= 4 is 22.9 Å². The maximum atomic E-state index is 12.5. The molecule has 0 spiro atoms. The highest BCUT2D eigenvalue weighted by Crippen LogP contribution is 2.38. The number of likely N-dealkylation sites (N-methyl/N-ethyl adjacent to an activating group) is 1. The summed E-state index contributed by atoms with van der Waals surface area (Å²) in [5, 5.41) is 0. The van der Waals surface area contributed by atoms with Gasteiger partial charge >= 0.3 is 0 Å². The minimum atomic E-state index is -0.475. The number of rotatable bonds is 4. The van der Waals surface area contributed by atoms with Crippen LogP contribution in [0.1, 0.15) is 45.2 Å². The summed E-state index contributed by atoms with van der Waals surface area (Å²) in [7, 11) is 1.80. The van der Waals surface area contributed by atoms with Gasteiger partial charge in [-0.1, -0.05) is 13.3 Å². The number of anilines is 2. The molecule has 2 unspecified atom stereocenters. The molecule has 7 nitrogen and oxygen atoms in total. The van der Waals surface area contributed by atoms with Crippen molar-refractivity contribution in [2.45, 2.75) is 58.2 Å². The zero-order valence-electron chi connectivity index (χ0n) is 19.0. The van der Waals surface area contributed by atoms with Crippen LogP contribution in [0.2, 0.25) is 0 Å². The lowest BCUT2D eigenvalue weighted by atomic mass is 9.99. The number of imidazole rings is 1. The minimum absolute atomic E-state index is 0.0447. The number of carbonyl (C=O) groups excluding carboxylic acids is 1. The van der Waals surface area contributed by atoms with Crippen LogP contribution in [-0.4, -0.2) is 45.9 Å². The topological polar surface area (TPSA) is 76.1 Å². The Bertz CT molecular complexity index is 1170. The largest absolute Gasteiger partial charge is 0.479 e. The van der Waals surface area contributed by atoms with Crippen LogP contribution in [0.25, 0.3) is 16.9 Å². The number of piperidine rings is 1. The van der Waals surface area contributed by atoms with Crippen molar-refractivity contribution in [3.63, 3.8) is 0 Å². The zero-order chi connectivity index (χ0) is 22.4. The number of pyridine rings is 1. The predicted octanol–water partition coefficient (Wildman–Crippen LogP) is 4.09. The molecule has 7 heteroatoms. The van der Waals surface area contributed by atoms with Crippen molar-refractivity contribution < 1.29 is 9.53 Å². The second-order valence-corrected chi connectivity index (χ2v) is 8.97. The second kappa shape index (κ2) is 8.13. The van der Waals surface area contributed by atoms with Crippen molar-refractivity contribution in [1.82, 2.24) is 14.3 Å². The quantitative estimate of drug-likeness (QED) is 0.671. The number of benzene rings is 1. The molecule has 5 rings (SSSR count). The summed E-state index contributed by atoms with van der Waals surface area (Å²) in [5.41, 5.74) is 11.5. The van der Waals surface area contributed by atoms with Gasteiger partial charge in [0, 0.05) is 37.1 Å². The van der Waals surface area contributed by atoms with Crippen molar-refractivity contribution in [1.29, 1.82) is 0 Å². The molecule has 1 saturated heterocycles. The number of hydrogen-bond acceptors (Lipinski definition) is 5. The fraction of sp³-hybridized carbons (Fsp3) is 0.440. The van der Waals surface area contributed by atoms with Gasteiger partial charge in [-0.25, -0.2) is 4.98 Å². The molecule has 2 N–H and O–H groups in total. The molecule has 1 fully saturated rings. The van der Waals surface area contributed by atoms with Gasteiger partial charge in [0.15, 0.2) is 6.10 Å². The van der Waals surface area contributed by atoms with Gasteiger partial charge in [0.1, 0.15) is 11.4 Å². The van der Waals surface area contributed by atoms with E-state index in [2.05, 4.69) is 16.2 Å². The summed E-state index contributed by atoms with van der Waals surface area (Å²) in [5.74, 6) is 0.678. The van der Waals surface area contributed by atoms with Gasteiger partial charge in [-0.3, -0.25) is 9.69 Å². The molecule has 2 atom stereocenters. The van der Waals surface area contributed by atoms with Gasteiger partial charge < -0.3 is 19.8 Å². The average molecular weight is 434 g/mol. The monoisotopic (exact) mass is 433 g/mol. The smallest absolute Gasteiger partial charge is 0.267 e. The van der Waals surface area contributed by atoms with Gasteiger partial charge in [0.05, 0.1) is 17.1 Å². The van der Waals surface area contributed by atoms with Crippen LogP contribution < -0.4 is 15.4 Å². The summed E-state index contributed by atoms with van der Waals surface area (Å²) in [6.45, 7) is 5.97. The number of carbonyl (C=O) groups is 1. The number of amides is 1. The van der Waals surface area contributed by atoms with E-state index in [1.165, 1.54) is 19.3 Å². The summed E-state index contributed by atoms with van der Waals surface area (Å²) in [4.78, 5) is 21.7. The van der Waals surface area contributed by atoms with E-state index in [0.717, 1.165) is 53.5 Å². The first-order valence-electron chi connectivity index (χ1n) is 11.6. The summed E-state index contributed by atoms with van der Waals surface area (Å²) >= 11 is 0. The SMILES string of the molecule is CCC1CCCCN1Cc1c(-c2ccc3c(c2)N(C)C(=O)C(C)O3)nc2ccc(N)cn12. The first-order valence-corrected chi connectivity index (χ1v) is 11.6. The number of aromatic nitrogens is 2. The molecular formula is C25H31N5O2. The number of ether oxygens (including phenoxy) is 1. The van der Waals surface area contributed by atoms with Crippen LogP contribution in [0, 0.1) is 0 Å². The van der Waals surface area contributed by atoms with Gasteiger partial charge in [-0.05, 0) is 63.1 Å². The molecule has 0 bridgehead atoms. The molecule has 2 aliphatic rings. The zero-order valence-corrected chi connectivity index (χ0v) is 19.0. The molecule has 2 aliphatic heterocycles. The number of nitrogens with zero attached hydrogens (tertiary/aromatic N) is 4. The molecule has 32 heavy (non-hydrogen) atoms. The lowest BCUT2D eigenvalue weighted by molar-refractivity contribution is -0.125. The van der Waals surface area contributed by atoms with Crippen molar-refractivity contribution in [2.24, 2.45) is 0 Å². The van der Waals surface area contributed by atoms with Crippen LogP contribution >= 0.6 is 0 Å². The van der Waals surface area contributed by atoms with Crippen LogP contribution in [0.5, 0.6) is 5.75 Å². The van der Waals surface area contributed by atoms with E-state index in [-0.39, 0.29) is 5.91 Å². The van der Waals surface area contributed by atoms with E-state index in [1.54, 1.807) is 18.9 Å². The third-order valence-corrected chi connectivity index (χ3v) is 6.89. The molecule has 4 heterocycles. The van der Waals surface area contributed by atoms with Gasteiger partial charge in [-0.15, -0.1) is 0 Å². The van der Waals surface area contributed by atoms with Gasteiger partial charge in [0.25, 0.3) is 5.91 Å². The molecule has 1 aromatic carbocycles. The van der Waals surface area contributed by atoms with E-state index in [4.69, 9.17) is 15.5 Å². The Morgan fingerprint density at radius 2 is 2.06 bits per heavy atom. The van der Waals surface area contributed by atoms with Crippen molar-refractivity contribution in [3.05, 3.63) is 42.2 Å². The number of fused-ring (bicyclic) bond motifs is 2. The predicted molar refractivity (Wildman–Crippen MR) is 127 cm³/mol. The summed E-state index contributed by atoms with van der Waals surface area (Å²) in [6, 6.07) is 10.4. The highest BCUT2D eigenvalue weighted by Gasteiger charge is 2.30. The summed E-state index contributed by atoms with van der Waals surface area (Å²) < 4.78 is 7.94. The Morgan fingerprint density at radius 3 is 2.88 bits per heavy atom. The fourth-order valence-electron chi connectivity index (χ4n) is 5.07. The summed E-state index contributed by atoms with van der Waals surface area (Å²) in [6.07, 6.45) is 6.40. The van der Waals surface area contributed by atoms with Gasteiger partial charge in [-0.2, -0.15) is 0 Å². The van der Waals surface area contributed by atoms with E-state index in [9.17, 15) is 4.79 Å². The standard InChI is InChI=1S/C25H31N5O2/c1-4-19-7-5-6-12-29(19)15-21-24(27-23-11-9-18(26)14-30(21)23)17-8-10-22-20(13-17)28(3)25(31)16(2)32-22/h8-11,13-14,16,19H,4-7,12,15,26H2,1-3H3. The maximum absolute atomic E-state index is 12.5. The number of nitrogen functional groups attached to an aromatic ring is 1. The Balaban J connectivity index is 1.61. The molecule has 0 saturated carbocycles. The molecule has 1 amide bonds. The first kappa shape index (κ1) is 20.8. The minimum Gasteiger partial charge on any atom is -0.479 e. The van der Waals surface area contributed by atoms with Crippen LogP contribution in [0.3, 0.4) is 0 Å². The van der Waals surface area contributed by atoms with Crippen LogP contribution in [-0.2, 0) is 11.3 Å². The Hall–Kier alpha value is -3.06. The Kier molecular flexibility index (Phi) is 5.29. The van der Waals surface area contributed by atoms with Crippen molar-refractivity contribution in [2.75, 3.05) is 24.2 Å². The van der Waals surface area contributed by atoms with Crippen LogP contribution in [0.15, 0.2) is 36.5 Å². The molecule has 2 aromatic heterocycles. The highest BCUT2D eigenvalue weighted by molar-refractivity contribution is 6.00.